The van der Waals surface area contributed by atoms with Gasteiger partial charge in [-0.3, -0.25) is 9.59 Å². The minimum atomic E-state index is -0.811. The predicted molar refractivity (Wildman–Crippen MR) is 78.8 cm³/mol. The molecule has 0 spiro atoms. The molecular weight excluding hydrogens is 270 g/mol. The molecule has 0 aliphatic carbocycles. The van der Waals surface area contributed by atoms with Crippen molar-refractivity contribution in [1.29, 1.82) is 5.26 Å². The first-order valence-corrected chi connectivity index (χ1v) is 6.72. The van der Waals surface area contributed by atoms with Crippen molar-refractivity contribution in [2.24, 2.45) is 0 Å². The largest absolute Gasteiger partial charge is 0.481 e. The quantitative estimate of drug-likeness (QED) is 0.759. The molecule has 6 heteroatoms. The molecule has 0 aromatic heterocycles. The third-order valence-electron chi connectivity index (χ3n) is 2.97. The zero-order valence-electron chi connectivity index (χ0n) is 12.0. The van der Waals surface area contributed by atoms with Gasteiger partial charge in [-0.15, -0.1) is 0 Å². The fourth-order valence-corrected chi connectivity index (χ4v) is 1.81. The smallest absolute Gasteiger partial charge is 0.303 e. The molecular formula is C15H19N3O3. The maximum atomic E-state index is 11.8. The Bertz CT molecular complexity index is 537. The normalized spacial score (nSPS) is 10.1. The van der Waals surface area contributed by atoms with Gasteiger partial charge in [-0.05, 0) is 32.1 Å². The van der Waals surface area contributed by atoms with Crippen molar-refractivity contribution in [2.45, 2.75) is 19.3 Å². The van der Waals surface area contributed by atoms with E-state index in [1.54, 1.807) is 24.3 Å². The first-order valence-electron chi connectivity index (χ1n) is 6.72. The Morgan fingerprint density at radius 1 is 1.29 bits per heavy atom. The summed E-state index contributed by atoms with van der Waals surface area (Å²) in [5, 5.41) is 20.2. The number of nitrogens with zero attached hydrogens (tertiary/aromatic N) is 2. The summed E-state index contributed by atoms with van der Waals surface area (Å²) >= 11 is 0. The highest BCUT2D eigenvalue weighted by atomic mass is 16.4. The third-order valence-corrected chi connectivity index (χ3v) is 2.97. The van der Waals surface area contributed by atoms with Gasteiger partial charge in [0.1, 0.15) is 6.07 Å². The molecule has 0 heterocycles. The van der Waals surface area contributed by atoms with Gasteiger partial charge >= 0.3 is 5.97 Å². The Hall–Kier alpha value is -2.39. The Kier molecular flexibility index (Phi) is 6.92. The molecule has 6 nitrogen and oxygen atoms in total. The summed E-state index contributed by atoms with van der Waals surface area (Å²) in [6.07, 6.45) is 0.986. The lowest BCUT2D eigenvalue weighted by Gasteiger charge is -2.15. The number of para-hydroxylation sites is 1. The molecule has 21 heavy (non-hydrogen) atoms. The highest BCUT2D eigenvalue weighted by Gasteiger charge is 2.08. The lowest BCUT2D eigenvalue weighted by Crippen LogP contribution is -2.25. The minimum absolute atomic E-state index is 0.131. The van der Waals surface area contributed by atoms with Crippen molar-refractivity contribution in [3.8, 4) is 6.07 Å². The van der Waals surface area contributed by atoms with E-state index < -0.39 is 5.97 Å². The fourth-order valence-electron chi connectivity index (χ4n) is 1.81. The second kappa shape index (κ2) is 8.72. The molecule has 1 aromatic carbocycles. The van der Waals surface area contributed by atoms with E-state index in [-0.39, 0.29) is 12.3 Å². The molecule has 0 aliphatic heterocycles. The van der Waals surface area contributed by atoms with E-state index in [4.69, 9.17) is 10.4 Å². The number of hydrogen-bond acceptors (Lipinski definition) is 4. The molecule has 0 radical (unpaired) electrons. The highest BCUT2D eigenvalue weighted by Crippen LogP contribution is 2.13. The number of amides is 1. The van der Waals surface area contributed by atoms with Crippen LogP contribution < -0.4 is 5.32 Å². The van der Waals surface area contributed by atoms with Crippen LogP contribution in [0.4, 0.5) is 5.69 Å². The van der Waals surface area contributed by atoms with E-state index in [1.165, 1.54) is 0 Å². The van der Waals surface area contributed by atoms with Crippen molar-refractivity contribution in [3.63, 3.8) is 0 Å². The van der Waals surface area contributed by atoms with Gasteiger partial charge in [-0.2, -0.15) is 5.26 Å². The van der Waals surface area contributed by atoms with Gasteiger partial charge in [0.15, 0.2) is 0 Å². The summed E-state index contributed by atoms with van der Waals surface area (Å²) in [6.45, 7) is 1.18. The van der Waals surface area contributed by atoms with Gasteiger partial charge in [-0.1, -0.05) is 12.1 Å². The molecule has 2 N–H and O–H groups in total. The summed E-state index contributed by atoms with van der Waals surface area (Å²) in [5.41, 5.74) is 0.944. The van der Waals surface area contributed by atoms with Gasteiger partial charge in [-0.25, -0.2) is 0 Å². The molecule has 0 atom stereocenters. The average molecular weight is 289 g/mol. The lowest BCUT2D eigenvalue weighted by molar-refractivity contribution is -0.137. The molecule has 112 valence electrons. The van der Waals surface area contributed by atoms with E-state index in [1.807, 2.05) is 18.0 Å². The summed E-state index contributed by atoms with van der Waals surface area (Å²) in [5.74, 6) is -0.975. The van der Waals surface area contributed by atoms with Crippen molar-refractivity contribution in [3.05, 3.63) is 29.8 Å². The number of carbonyl (C=O) groups excluding carboxylic acids is 1. The molecule has 0 saturated heterocycles. The van der Waals surface area contributed by atoms with Crippen LogP contribution in [0.1, 0.15) is 24.8 Å². The summed E-state index contributed by atoms with van der Waals surface area (Å²) in [7, 11) is 1.85. The van der Waals surface area contributed by atoms with E-state index in [9.17, 15) is 9.59 Å². The number of rotatable bonds is 8. The zero-order chi connectivity index (χ0) is 15.7. The zero-order valence-corrected chi connectivity index (χ0v) is 12.0. The first-order chi connectivity index (χ1) is 10.0. The second-order valence-corrected chi connectivity index (χ2v) is 4.76. The average Bonchev–Trinajstić information content (AvgIpc) is 2.45. The standard InChI is InChI=1S/C15H19N3O3/c1-18(9-4-7-15(20)21)10-8-14(19)17-13-6-3-2-5-12(13)11-16/h2-3,5-6H,4,7-10H2,1H3,(H,17,19)(H,20,21). The summed E-state index contributed by atoms with van der Waals surface area (Å²) < 4.78 is 0. The van der Waals surface area contributed by atoms with Crippen LogP contribution in [0.15, 0.2) is 24.3 Å². The predicted octanol–water partition coefficient (Wildman–Crippen LogP) is 1.68. The van der Waals surface area contributed by atoms with Crippen LogP contribution in [0, 0.1) is 11.3 Å². The first kappa shape index (κ1) is 16.7. The number of carboxylic acid groups (broad SMARTS) is 1. The molecule has 1 amide bonds. The molecule has 1 aromatic rings. The Morgan fingerprint density at radius 3 is 2.67 bits per heavy atom. The summed E-state index contributed by atoms with van der Waals surface area (Å²) in [4.78, 5) is 24.1. The van der Waals surface area contributed by atoms with E-state index in [2.05, 4.69) is 5.32 Å². The van der Waals surface area contributed by atoms with Crippen molar-refractivity contribution in [1.82, 2.24) is 4.90 Å². The van der Waals surface area contributed by atoms with E-state index >= 15 is 0 Å². The number of aliphatic carboxylic acids is 1. The monoisotopic (exact) mass is 289 g/mol. The van der Waals surface area contributed by atoms with Gasteiger partial charge in [0, 0.05) is 19.4 Å². The van der Waals surface area contributed by atoms with Crippen LogP contribution in [0.3, 0.4) is 0 Å². The maximum absolute atomic E-state index is 11.8. The number of benzene rings is 1. The van der Waals surface area contributed by atoms with Gasteiger partial charge in [0.25, 0.3) is 0 Å². The van der Waals surface area contributed by atoms with Crippen LogP contribution in [0.25, 0.3) is 0 Å². The SMILES string of the molecule is CN(CCCC(=O)O)CCC(=O)Nc1ccccc1C#N. The molecule has 1 rings (SSSR count). The minimum Gasteiger partial charge on any atom is -0.481 e. The molecule has 0 saturated carbocycles. The summed E-state index contributed by atoms with van der Waals surface area (Å²) in [6, 6.07) is 8.86. The molecule has 0 unspecified atom stereocenters. The van der Waals surface area contributed by atoms with Gasteiger partial charge < -0.3 is 15.3 Å². The van der Waals surface area contributed by atoms with Crippen LogP contribution in [-0.2, 0) is 9.59 Å². The van der Waals surface area contributed by atoms with Crippen LogP contribution >= 0.6 is 0 Å². The maximum Gasteiger partial charge on any atom is 0.303 e. The number of carbonyl (C=O) groups is 2. The second-order valence-electron chi connectivity index (χ2n) is 4.76. The van der Waals surface area contributed by atoms with Crippen LogP contribution in [0.5, 0.6) is 0 Å². The third kappa shape index (κ3) is 6.54. The Balaban J connectivity index is 2.34. The molecule has 0 bridgehead atoms. The van der Waals surface area contributed by atoms with Crippen molar-refractivity contribution in [2.75, 3.05) is 25.5 Å². The van der Waals surface area contributed by atoms with Crippen molar-refractivity contribution < 1.29 is 14.7 Å². The Labute approximate surface area is 124 Å². The van der Waals surface area contributed by atoms with Crippen molar-refractivity contribution >= 4 is 17.6 Å². The number of hydrogen-bond donors (Lipinski definition) is 2. The molecule has 0 fully saturated rings. The van der Waals surface area contributed by atoms with Gasteiger partial charge in [0.2, 0.25) is 5.91 Å². The molecule has 0 aliphatic rings. The number of nitriles is 1. The number of nitrogens with one attached hydrogen (secondary N) is 1. The van der Waals surface area contributed by atoms with E-state index in [0.717, 1.165) is 0 Å². The number of anilines is 1. The van der Waals surface area contributed by atoms with Crippen LogP contribution in [0.2, 0.25) is 0 Å². The lowest BCUT2D eigenvalue weighted by atomic mass is 10.2. The highest BCUT2D eigenvalue weighted by molar-refractivity contribution is 5.92. The number of carboxylic acids is 1. The van der Waals surface area contributed by atoms with E-state index in [0.29, 0.717) is 37.2 Å². The van der Waals surface area contributed by atoms with Gasteiger partial charge in [0.05, 0.1) is 11.3 Å². The van der Waals surface area contributed by atoms with Crippen LogP contribution in [-0.4, -0.2) is 42.0 Å². The topological polar surface area (TPSA) is 93.4 Å². The fraction of sp³-hybridized carbons (Fsp3) is 0.400. The Morgan fingerprint density at radius 2 is 2.00 bits per heavy atom.